The highest BCUT2D eigenvalue weighted by Gasteiger charge is 2.33. The number of aromatic nitrogens is 2. The summed E-state index contributed by atoms with van der Waals surface area (Å²) in [6, 6.07) is 6.80. The zero-order valence-corrected chi connectivity index (χ0v) is 16.9. The lowest BCUT2D eigenvalue weighted by Gasteiger charge is -2.26. The van der Waals surface area contributed by atoms with Crippen molar-refractivity contribution in [1.82, 2.24) is 20.0 Å². The van der Waals surface area contributed by atoms with Crippen LogP contribution in [0.3, 0.4) is 0 Å². The van der Waals surface area contributed by atoms with Crippen LogP contribution >= 0.6 is 0 Å². The van der Waals surface area contributed by atoms with E-state index < -0.39 is 17.9 Å². The predicted octanol–water partition coefficient (Wildman–Crippen LogP) is 1.72. The Bertz CT molecular complexity index is 950. The summed E-state index contributed by atoms with van der Waals surface area (Å²) in [7, 11) is 0. The Morgan fingerprint density at radius 1 is 1.28 bits per heavy atom. The molecule has 0 bridgehead atoms. The van der Waals surface area contributed by atoms with Crippen LogP contribution in [0.25, 0.3) is 5.69 Å². The number of carboxylic acid groups (broad SMARTS) is 1. The number of hydrogen-bond acceptors (Lipinski definition) is 4. The first-order chi connectivity index (χ1) is 13.8. The first kappa shape index (κ1) is 20.6. The maximum Gasteiger partial charge on any atom is 0.326 e. The van der Waals surface area contributed by atoms with Crippen LogP contribution in [0, 0.1) is 6.92 Å². The van der Waals surface area contributed by atoms with Crippen LogP contribution in [-0.4, -0.2) is 56.7 Å². The Morgan fingerprint density at radius 3 is 2.66 bits per heavy atom. The van der Waals surface area contributed by atoms with Gasteiger partial charge < -0.3 is 15.3 Å². The highest BCUT2D eigenvalue weighted by molar-refractivity contribution is 5.96. The number of carbonyl (C=O) groups excluding carboxylic acids is 2. The van der Waals surface area contributed by atoms with Crippen molar-refractivity contribution < 1.29 is 19.5 Å². The Hall–Kier alpha value is -3.16. The van der Waals surface area contributed by atoms with Gasteiger partial charge in [0.25, 0.3) is 5.91 Å². The quantitative estimate of drug-likeness (QED) is 0.739. The van der Waals surface area contributed by atoms with Crippen LogP contribution in [0.4, 0.5) is 0 Å². The third kappa shape index (κ3) is 4.16. The number of fused-ring (bicyclic) bond motifs is 1. The van der Waals surface area contributed by atoms with Gasteiger partial charge in [-0.25, -0.2) is 9.48 Å². The number of aryl methyl sites for hydroxylation is 1. The van der Waals surface area contributed by atoms with Crippen LogP contribution < -0.4 is 5.32 Å². The molecule has 1 atom stereocenters. The van der Waals surface area contributed by atoms with E-state index in [-0.39, 0.29) is 19.0 Å². The number of amides is 2. The van der Waals surface area contributed by atoms with Crippen LogP contribution in [0.2, 0.25) is 0 Å². The lowest BCUT2D eigenvalue weighted by Crippen LogP contribution is -2.47. The second kappa shape index (κ2) is 8.46. The summed E-state index contributed by atoms with van der Waals surface area (Å²) in [6.45, 7) is 5.11. The molecule has 0 saturated heterocycles. The number of hydrogen-bond donors (Lipinski definition) is 2. The number of carbonyl (C=O) groups is 3. The monoisotopic (exact) mass is 398 g/mol. The average molecular weight is 398 g/mol. The van der Waals surface area contributed by atoms with Crippen molar-refractivity contribution in [3.05, 3.63) is 46.8 Å². The lowest BCUT2D eigenvalue weighted by molar-refractivity contribution is -0.141. The van der Waals surface area contributed by atoms with Gasteiger partial charge in [0.15, 0.2) is 5.69 Å². The molecule has 8 nitrogen and oxygen atoms in total. The second-order valence-electron chi connectivity index (χ2n) is 7.32. The van der Waals surface area contributed by atoms with E-state index in [0.717, 1.165) is 41.8 Å². The number of benzene rings is 1. The fraction of sp³-hybridized carbons (Fsp3) is 0.429. The number of carboxylic acids is 1. The zero-order chi connectivity index (χ0) is 21.1. The normalized spacial score (nSPS) is 13.6. The number of aliphatic carboxylic acids is 1. The molecule has 0 aliphatic heterocycles. The van der Waals surface area contributed by atoms with E-state index in [1.54, 1.807) is 0 Å². The molecule has 2 N–H and O–H groups in total. The van der Waals surface area contributed by atoms with Crippen LogP contribution in [0.5, 0.6) is 0 Å². The van der Waals surface area contributed by atoms with Crippen molar-refractivity contribution in [2.24, 2.45) is 0 Å². The first-order valence-corrected chi connectivity index (χ1v) is 9.76. The minimum absolute atomic E-state index is 0.0951. The van der Waals surface area contributed by atoms with Crippen molar-refractivity contribution in [1.29, 1.82) is 0 Å². The van der Waals surface area contributed by atoms with E-state index in [9.17, 15) is 19.5 Å². The predicted molar refractivity (Wildman–Crippen MR) is 107 cm³/mol. The molecule has 29 heavy (non-hydrogen) atoms. The molecule has 1 aromatic heterocycles. The molecule has 0 saturated carbocycles. The molecule has 1 aliphatic carbocycles. The second-order valence-corrected chi connectivity index (χ2v) is 7.32. The highest BCUT2D eigenvalue weighted by Crippen LogP contribution is 2.29. The molecule has 0 fully saturated rings. The SMILES string of the molecule is CC(=O)NCCN(C(=O)c1nn(-c2ccccc2C)c2c1CCC2)C(C)C(=O)O. The Morgan fingerprint density at radius 2 is 2.00 bits per heavy atom. The van der Waals surface area contributed by atoms with E-state index >= 15 is 0 Å². The lowest BCUT2D eigenvalue weighted by atomic mass is 10.1. The third-order valence-corrected chi connectivity index (χ3v) is 5.29. The standard InChI is InChI=1S/C21H26N4O4/c1-13-7-4-5-9-17(13)25-18-10-6-8-16(18)19(23-25)20(27)24(14(2)21(28)29)12-11-22-15(3)26/h4-5,7,9,14H,6,8,10-12H2,1-3H3,(H,22,26)(H,28,29). The van der Waals surface area contributed by atoms with Crippen LogP contribution in [-0.2, 0) is 22.4 Å². The topological polar surface area (TPSA) is 105 Å². The molecular weight excluding hydrogens is 372 g/mol. The zero-order valence-electron chi connectivity index (χ0n) is 16.9. The summed E-state index contributed by atoms with van der Waals surface area (Å²) < 4.78 is 1.82. The molecule has 3 rings (SSSR count). The van der Waals surface area contributed by atoms with Gasteiger partial charge in [0, 0.05) is 31.3 Å². The molecule has 2 aromatic rings. The van der Waals surface area contributed by atoms with Gasteiger partial charge in [0.05, 0.1) is 5.69 Å². The third-order valence-electron chi connectivity index (χ3n) is 5.29. The number of nitrogens with zero attached hydrogens (tertiary/aromatic N) is 3. The Labute approximate surface area is 169 Å². The average Bonchev–Trinajstić information content (AvgIpc) is 3.27. The molecule has 8 heteroatoms. The van der Waals surface area contributed by atoms with Crippen molar-refractivity contribution >= 4 is 17.8 Å². The Balaban J connectivity index is 1.98. The Kier molecular flexibility index (Phi) is 6.00. The van der Waals surface area contributed by atoms with Gasteiger partial charge in [0.1, 0.15) is 6.04 Å². The molecule has 1 aliphatic rings. The molecule has 1 unspecified atom stereocenters. The van der Waals surface area contributed by atoms with Crippen molar-refractivity contribution in [2.75, 3.05) is 13.1 Å². The largest absolute Gasteiger partial charge is 0.480 e. The van der Waals surface area contributed by atoms with Crippen molar-refractivity contribution in [2.45, 2.75) is 46.1 Å². The molecule has 2 amide bonds. The summed E-state index contributed by atoms with van der Waals surface area (Å²) in [5, 5.41) is 16.7. The minimum Gasteiger partial charge on any atom is -0.480 e. The molecule has 1 aromatic carbocycles. The van der Waals surface area contributed by atoms with Crippen molar-refractivity contribution in [3.8, 4) is 5.69 Å². The minimum atomic E-state index is -1.10. The maximum atomic E-state index is 13.3. The summed E-state index contributed by atoms with van der Waals surface area (Å²) in [5.74, 6) is -1.75. The summed E-state index contributed by atoms with van der Waals surface area (Å²) >= 11 is 0. The fourth-order valence-electron chi connectivity index (χ4n) is 3.70. The molecule has 0 spiro atoms. The molecule has 1 heterocycles. The van der Waals surface area contributed by atoms with Gasteiger partial charge >= 0.3 is 5.97 Å². The van der Waals surface area contributed by atoms with Gasteiger partial charge in [-0.1, -0.05) is 18.2 Å². The summed E-state index contributed by atoms with van der Waals surface area (Å²) in [5.41, 5.74) is 4.16. The maximum absolute atomic E-state index is 13.3. The van der Waals surface area contributed by atoms with E-state index in [2.05, 4.69) is 10.4 Å². The summed E-state index contributed by atoms with van der Waals surface area (Å²) in [6.07, 6.45) is 2.49. The number of para-hydroxylation sites is 1. The molecule has 154 valence electrons. The van der Waals surface area contributed by atoms with Gasteiger partial charge in [-0.15, -0.1) is 0 Å². The smallest absolute Gasteiger partial charge is 0.326 e. The summed E-state index contributed by atoms with van der Waals surface area (Å²) in [4.78, 5) is 37.3. The van der Waals surface area contributed by atoms with E-state index in [0.29, 0.717) is 5.69 Å². The van der Waals surface area contributed by atoms with Gasteiger partial charge in [-0.2, -0.15) is 5.10 Å². The number of nitrogens with one attached hydrogen (secondary N) is 1. The van der Waals surface area contributed by atoms with E-state index in [1.807, 2.05) is 35.9 Å². The van der Waals surface area contributed by atoms with Gasteiger partial charge in [-0.05, 0) is 44.7 Å². The number of rotatable bonds is 7. The molecule has 0 radical (unpaired) electrons. The highest BCUT2D eigenvalue weighted by atomic mass is 16.4. The van der Waals surface area contributed by atoms with Crippen molar-refractivity contribution in [3.63, 3.8) is 0 Å². The fourth-order valence-corrected chi connectivity index (χ4v) is 3.70. The van der Waals surface area contributed by atoms with Gasteiger partial charge in [0.2, 0.25) is 5.91 Å². The molecular formula is C21H26N4O4. The van der Waals surface area contributed by atoms with E-state index in [4.69, 9.17) is 0 Å². The van der Waals surface area contributed by atoms with E-state index in [1.165, 1.54) is 18.7 Å². The first-order valence-electron chi connectivity index (χ1n) is 9.76. The van der Waals surface area contributed by atoms with Crippen LogP contribution in [0.15, 0.2) is 24.3 Å². The van der Waals surface area contributed by atoms with Gasteiger partial charge in [-0.3, -0.25) is 9.59 Å². The van der Waals surface area contributed by atoms with Crippen LogP contribution in [0.1, 0.15) is 47.6 Å².